The van der Waals surface area contributed by atoms with Gasteiger partial charge in [0, 0.05) is 40.4 Å². The van der Waals surface area contributed by atoms with Gasteiger partial charge in [0.05, 0.1) is 9.79 Å². The summed E-state index contributed by atoms with van der Waals surface area (Å²) in [4.78, 5) is 24.1. The minimum absolute atomic E-state index is 0.0793. The molecule has 0 aliphatic carbocycles. The molecule has 2 amide bonds. The molecule has 0 saturated heterocycles. The number of nitrogens with zero attached hydrogens (tertiary/aromatic N) is 1. The lowest BCUT2D eigenvalue weighted by Gasteiger charge is -2.08. The number of carbonyl (C=O) groups excluding carboxylic acids is 2. The van der Waals surface area contributed by atoms with Crippen molar-refractivity contribution in [3.8, 4) is 0 Å². The average Bonchev–Trinajstić information content (AvgIpc) is 3.14. The van der Waals surface area contributed by atoms with Crippen molar-refractivity contribution < 1.29 is 18.0 Å². The summed E-state index contributed by atoms with van der Waals surface area (Å²) in [5, 5.41) is 6.41. The van der Waals surface area contributed by atoms with E-state index in [0.29, 0.717) is 27.3 Å². The summed E-state index contributed by atoms with van der Waals surface area (Å²) in [6.45, 7) is 1.34. The van der Waals surface area contributed by atoms with Crippen LogP contribution in [0.1, 0.15) is 6.92 Å². The number of hydrogen-bond donors (Lipinski definition) is 2. The Hall–Kier alpha value is -3.62. The van der Waals surface area contributed by atoms with Crippen molar-refractivity contribution in [2.45, 2.75) is 23.3 Å². The second-order valence-corrected chi connectivity index (χ2v) is 9.76. The smallest absolute Gasteiger partial charge is 0.244 e. The summed E-state index contributed by atoms with van der Waals surface area (Å²) in [5.74, 6) is -0.505. The second kappa shape index (κ2) is 9.09. The molecule has 4 aromatic rings. The van der Waals surface area contributed by atoms with Gasteiger partial charge < -0.3 is 15.2 Å². The third-order valence-electron chi connectivity index (χ3n) is 4.97. The molecule has 0 fully saturated rings. The van der Waals surface area contributed by atoms with Crippen molar-refractivity contribution in [3.05, 3.63) is 84.0 Å². The van der Waals surface area contributed by atoms with Crippen LogP contribution in [0.5, 0.6) is 0 Å². The van der Waals surface area contributed by atoms with E-state index in [2.05, 4.69) is 10.6 Å². The number of fused-ring (bicyclic) bond motifs is 1. The predicted molar refractivity (Wildman–Crippen MR) is 128 cm³/mol. The van der Waals surface area contributed by atoms with Gasteiger partial charge in [0.15, 0.2) is 0 Å². The fourth-order valence-electron chi connectivity index (χ4n) is 3.49. The molecule has 0 bridgehead atoms. The van der Waals surface area contributed by atoms with Gasteiger partial charge in [-0.25, -0.2) is 8.42 Å². The number of rotatable bonds is 6. The molecule has 33 heavy (non-hydrogen) atoms. The first-order chi connectivity index (χ1) is 15.7. The molecule has 0 aliphatic rings. The van der Waals surface area contributed by atoms with Gasteiger partial charge in [-0.15, -0.1) is 0 Å². The van der Waals surface area contributed by atoms with Crippen LogP contribution in [0.2, 0.25) is 5.02 Å². The van der Waals surface area contributed by atoms with Gasteiger partial charge in [-0.1, -0.05) is 29.8 Å². The second-order valence-electron chi connectivity index (χ2n) is 7.40. The van der Waals surface area contributed by atoms with Crippen LogP contribution in [0.4, 0.5) is 11.4 Å². The molecule has 0 atom stereocenters. The van der Waals surface area contributed by atoms with E-state index in [9.17, 15) is 18.0 Å². The number of halogens is 1. The summed E-state index contributed by atoms with van der Waals surface area (Å²) in [6.07, 6.45) is 1.48. The van der Waals surface area contributed by atoms with E-state index in [4.69, 9.17) is 11.6 Å². The number of para-hydroxylation sites is 1. The fraction of sp³-hybridized carbons (Fsp3) is 0.0833. The molecule has 9 heteroatoms. The van der Waals surface area contributed by atoms with E-state index in [0.717, 1.165) is 0 Å². The van der Waals surface area contributed by atoms with Crippen molar-refractivity contribution in [1.82, 2.24) is 4.57 Å². The normalized spacial score (nSPS) is 11.3. The Morgan fingerprint density at radius 2 is 1.48 bits per heavy atom. The number of carbonyl (C=O) groups is 2. The van der Waals surface area contributed by atoms with Gasteiger partial charge in [0.25, 0.3) is 0 Å². The first-order valence-corrected chi connectivity index (χ1v) is 11.9. The van der Waals surface area contributed by atoms with E-state index in [1.165, 1.54) is 37.4 Å². The zero-order valence-electron chi connectivity index (χ0n) is 17.6. The number of nitrogens with one attached hydrogen (secondary N) is 2. The van der Waals surface area contributed by atoms with Gasteiger partial charge in [-0.05, 0) is 54.6 Å². The van der Waals surface area contributed by atoms with Crippen molar-refractivity contribution in [3.63, 3.8) is 0 Å². The molecule has 1 aromatic heterocycles. The summed E-state index contributed by atoms with van der Waals surface area (Å²) in [7, 11) is -3.82. The molecule has 4 rings (SSSR count). The molecule has 0 aliphatic heterocycles. The van der Waals surface area contributed by atoms with Crippen LogP contribution in [0.15, 0.2) is 88.8 Å². The summed E-state index contributed by atoms with van der Waals surface area (Å²) >= 11 is 5.90. The number of aromatic nitrogens is 1. The number of benzene rings is 3. The van der Waals surface area contributed by atoms with E-state index in [-0.39, 0.29) is 28.2 Å². The van der Waals surface area contributed by atoms with Crippen molar-refractivity contribution in [2.24, 2.45) is 0 Å². The third kappa shape index (κ3) is 4.92. The Bertz CT molecular complexity index is 1440. The number of amides is 2. The quantitative estimate of drug-likeness (QED) is 0.416. The number of hydrogen-bond acceptors (Lipinski definition) is 4. The molecular weight excluding hydrogens is 462 g/mol. The number of sulfone groups is 1. The van der Waals surface area contributed by atoms with Gasteiger partial charge in [-0.2, -0.15) is 0 Å². The summed E-state index contributed by atoms with van der Waals surface area (Å²) in [6, 6.07) is 19.7. The van der Waals surface area contributed by atoms with Crippen molar-refractivity contribution in [1.29, 1.82) is 0 Å². The molecule has 168 valence electrons. The van der Waals surface area contributed by atoms with E-state index in [1.54, 1.807) is 53.1 Å². The predicted octanol–water partition coefficient (Wildman–Crippen LogP) is 4.72. The van der Waals surface area contributed by atoms with E-state index < -0.39 is 9.84 Å². The fourth-order valence-corrected chi connectivity index (χ4v) is 5.10. The Balaban J connectivity index is 1.61. The Morgan fingerprint density at radius 1 is 0.879 bits per heavy atom. The SMILES string of the molecule is CC(=O)Nc1ccc(NC(=O)Cn2cc(S(=O)(=O)c3ccc(Cl)cc3)c3ccccc32)cc1. The highest BCUT2D eigenvalue weighted by Gasteiger charge is 2.24. The first kappa shape index (κ1) is 22.6. The molecule has 2 N–H and O–H groups in total. The zero-order chi connectivity index (χ0) is 23.6. The maximum atomic E-state index is 13.3. The lowest BCUT2D eigenvalue weighted by atomic mass is 10.2. The molecule has 1 heterocycles. The van der Waals surface area contributed by atoms with Gasteiger partial charge in [-0.3, -0.25) is 9.59 Å². The Kier molecular flexibility index (Phi) is 6.22. The first-order valence-electron chi connectivity index (χ1n) is 10.00. The zero-order valence-corrected chi connectivity index (χ0v) is 19.2. The van der Waals surface area contributed by atoms with Crippen LogP contribution in [0.3, 0.4) is 0 Å². The maximum Gasteiger partial charge on any atom is 0.244 e. The topological polar surface area (TPSA) is 97.3 Å². The molecule has 3 aromatic carbocycles. The minimum Gasteiger partial charge on any atom is -0.337 e. The maximum absolute atomic E-state index is 13.3. The lowest BCUT2D eigenvalue weighted by molar-refractivity contribution is -0.116. The average molecular weight is 482 g/mol. The summed E-state index contributed by atoms with van der Waals surface area (Å²) in [5.41, 5.74) is 1.80. The van der Waals surface area contributed by atoms with Crippen molar-refractivity contribution >= 4 is 55.5 Å². The largest absolute Gasteiger partial charge is 0.337 e. The molecule has 7 nitrogen and oxygen atoms in total. The molecular formula is C24H20ClN3O4S. The Labute approximate surface area is 195 Å². The standard InChI is InChI=1S/C24H20ClN3O4S/c1-16(29)26-18-8-10-19(11-9-18)27-24(30)15-28-14-23(21-4-2-3-5-22(21)28)33(31,32)20-12-6-17(25)7-13-20/h2-14H,15H2,1H3,(H,26,29)(H,27,30). The van der Waals surface area contributed by atoms with E-state index in [1.807, 2.05) is 0 Å². The van der Waals surface area contributed by atoms with Crippen LogP contribution >= 0.6 is 11.6 Å². The highest BCUT2D eigenvalue weighted by atomic mass is 35.5. The van der Waals surface area contributed by atoms with Crippen LogP contribution in [0, 0.1) is 0 Å². The highest BCUT2D eigenvalue weighted by molar-refractivity contribution is 7.91. The van der Waals surface area contributed by atoms with Crippen LogP contribution in [-0.4, -0.2) is 24.8 Å². The van der Waals surface area contributed by atoms with E-state index >= 15 is 0 Å². The van der Waals surface area contributed by atoms with Crippen LogP contribution in [0.25, 0.3) is 10.9 Å². The molecule has 0 spiro atoms. The highest BCUT2D eigenvalue weighted by Crippen LogP contribution is 2.30. The summed E-state index contributed by atoms with van der Waals surface area (Å²) < 4.78 is 28.2. The monoisotopic (exact) mass is 481 g/mol. The third-order valence-corrected chi connectivity index (χ3v) is 7.02. The molecule has 0 radical (unpaired) electrons. The van der Waals surface area contributed by atoms with Crippen LogP contribution < -0.4 is 10.6 Å². The molecule has 0 saturated carbocycles. The molecule has 0 unspecified atom stereocenters. The van der Waals surface area contributed by atoms with Crippen LogP contribution in [-0.2, 0) is 26.0 Å². The van der Waals surface area contributed by atoms with Gasteiger partial charge in [0.1, 0.15) is 6.54 Å². The number of anilines is 2. The minimum atomic E-state index is -3.82. The lowest BCUT2D eigenvalue weighted by Crippen LogP contribution is -2.18. The Morgan fingerprint density at radius 3 is 2.12 bits per heavy atom. The van der Waals surface area contributed by atoms with Gasteiger partial charge >= 0.3 is 0 Å². The van der Waals surface area contributed by atoms with Gasteiger partial charge in [0.2, 0.25) is 21.7 Å². The van der Waals surface area contributed by atoms with Crippen molar-refractivity contribution in [2.75, 3.05) is 10.6 Å².